The molecule has 0 unspecified atom stereocenters. The molecule has 0 aliphatic heterocycles. The molecule has 2 N–H and O–H groups in total. The van der Waals surface area contributed by atoms with Gasteiger partial charge in [0.2, 0.25) is 10.0 Å². The summed E-state index contributed by atoms with van der Waals surface area (Å²) in [4.78, 5) is 12.5. The highest BCUT2D eigenvalue weighted by molar-refractivity contribution is 7.89. The van der Waals surface area contributed by atoms with Gasteiger partial charge in [0.05, 0.1) is 27.1 Å². The molecule has 0 radical (unpaired) electrons. The van der Waals surface area contributed by atoms with Crippen LogP contribution in [-0.2, 0) is 10.0 Å². The van der Waals surface area contributed by atoms with E-state index in [4.69, 9.17) is 27.9 Å². The fourth-order valence-electron chi connectivity index (χ4n) is 2.11. The number of hydrogen-bond acceptors (Lipinski definition) is 4. The first-order valence-electron chi connectivity index (χ1n) is 8.11. The van der Waals surface area contributed by atoms with Crippen LogP contribution in [0.3, 0.4) is 0 Å². The Morgan fingerprint density at radius 3 is 2.41 bits per heavy atom. The van der Waals surface area contributed by atoms with Gasteiger partial charge in [-0.3, -0.25) is 4.79 Å². The minimum Gasteiger partial charge on any atom is -0.492 e. The first-order valence-corrected chi connectivity index (χ1v) is 10.3. The van der Waals surface area contributed by atoms with E-state index in [1.54, 1.807) is 18.2 Å². The Morgan fingerprint density at radius 1 is 1.11 bits per heavy atom. The summed E-state index contributed by atoms with van der Waals surface area (Å²) >= 11 is 12.2. The number of ether oxygens (including phenoxy) is 1. The number of benzene rings is 2. The Labute approximate surface area is 168 Å². The largest absolute Gasteiger partial charge is 0.492 e. The van der Waals surface area contributed by atoms with Crippen LogP contribution in [0.1, 0.15) is 24.2 Å². The van der Waals surface area contributed by atoms with Crippen LogP contribution < -0.4 is 14.8 Å². The molecular weight excluding hydrogens is 411 g/mol. The molecule has 2 aromatic carbocycles. The van der Waals surface area contributed by atoms with E-state index in [2.05, 4.69) is 10.0 Å². The molecule has 0 bridgehead atoms. The molecule has 2 rings (SSSR count). The first-order chi connectivity index (χ1) is 12.6. The van der Waals surface area contributed by atoms with Crippen molar-refractivity contribution in [3.8, 4) is 5.75 Å². The van der Waals surface area contributed by atoms with Crippen molar-refractivity contribution in [2.24, 2.45) is 5.92 Å². The van der Waals surface area contributed by atoms with Crippen LogP contribution >= 0.6 is 23.2 Å². The van der Waals surface area contributed by atoms with E-state index in [-0.39, 0.29) is 15.5 Å². The molecule has 0 saturated heterocycles. The van der Waals surface area contributed by atoms with Crippen molar-refractivity contribution in [1.82, 2.24) is 4.72 Å². The van der Waals surface area contributed by atoms with Gasteiger partial charge in [0.25, 0.3) is 5.91 Å². The molecule has 1 amide bonds. The Morgan fingerprint density at radius 2 is 1.81 bits per heavy atom. The van der Waals surface area contributed by atoms with Crippen molar-refractivity contribution >= 4 is 44.8 Å². The molecular formula is C18H20Cl2N2O4S. The van der Waals surface area contributed by atoms with Crippen molar-refractivity contribution in [3.05, 3.63) is 52.0 Å². The minimum absolute atomic E-state index is 0.0317. The molecule has 0 saturated carbocycles. The van der Waals surface area contributed by atoms with Crippen molar-refractivity contribution in [3.63, 3.8) is 0 Å². The molecule has 2 aromatic rings. The quantitative estimate of drug-likeness (QED) is 0.689. The lowest BCUT2D eigenvalue weighted by molar-refractivity contribution is 0.102. The Balaban J connectivity index is 2.22. The minimum atomic E-state index is -3.70. The molecule has 9 heteroatoms. The maximum absolute atomic E-state index is 12.5. The van der Waals surface area contributed by atoms with E-state index in [9.17, 15) is 13.2 Å². The number of sulfonamides is 1. The second-order valence-corrected chi connectivity index (χ2v) is 8.85. The summed E-state index contributed by atoms with van der Waals surface area (Å²) in [6.07, 6.45) is 0. The third kappa shape index (κ3) is 5.59. The summed E-state index contributed by atoms with van der Waals surface area (Å²) in [5.41, 5.74) is 0.462. The van der Waals surface area contributed by atoms with Gasteiger partial charge in [0.1, 0.15) is 5.75 Å². The summed E-state index contributed by atoms with van der Waals surface area (Å²) in [6.45, 7) is 4.57. The fraction of sp³-hybridized carbons (Fsp3) is 0.278. The molecule has 146 valence electrons. The lowest BCUT2D eigenvalue weighted by Gasteiger charge is -2.12. The highest BCUT2D eigenvalue weighted by Crippen LogP contribution is 2.29. The van der Waals surface area contributed by atoms with E-state index in [1.165, 1.54) is 25.2 Å². The van der Waals surface area contributed by atoms with Crippen LogP contribution in [0.25, 0.3) is 0 Å². The molecule has 0 atom stereocenters. The molecule has 0 aromatic heterocycles. The van der Waals surface area contributed by atoms with E-state index in [1.807, 2.05) is 13.8 Å². The van der Waals surface area contributed by atoms with Crippen LogP contribution in [0, 0.1) is 5.92 Å². The van der Waals surface area contributed by atoms with Crippen molar-refractivity contribution in [2.75, 3.05) is 19.0 Å². The highest BCUT2D eigenvalue weighted by atomic mass is 35.5. The molecule has 6 nitrogen and oxygen atoms in total. The predicted octanol–water partition coefficient (Wildman–Crippen LogP) is 4.19. The zero-order chi connectivity index (χ0) is 20.2. The second-order valence-electron chi connectivity index (χ2n) is 6.15. The smallest absolute Gasteiger partial charge is 0.257 e. The summed E-state index contributed by atoms with van der Waals surface area (Å²) in [6, 6.07) is 8.74. The highest BCUT2D eigenvalue weighted by Gasteiger charge is 2.18. The third-order valence-electron chi connectivity index (χ3n) is 3.52. The van der Waals surface area contributed by atoms with Crippen molar-refractivity contribution < 1.29 is 17.9 Å². The number of nitrogens with one attached hydrogen (secondary N) is 2. The van der Waals surface area contributed by atoms with Gasteiger partial charge >= 0.3 is 0 Å². The maximum atomic E-state index is 12.5. The lowest BCUT2D eigenvalue weighted by Crippen LogP contribution is -2.20. The standard InChI is InChI=1S/C18H20Cl2N2O4S/c1-11(2)10-26-17-7-4-12(8-16(17)20)22-18(23)14-9-13(5-6-15(14)19)27(24,25)21-3/h4-9,11,21H,10H2,1-3H3,(H,22,23). The van der Waals surface area contributed by atoms with Gasteiger partial charge in [0, 0.05) is 5.69 Å². The average molecular weight is 431 g/mol. The number of anilines is 1. The number of hydrogen-bond donors (Lipinski definition) is 2. The lowest BCUT2D eigenvalue weighted by atomic mass is 10.2. The molecule has 0 aliphatic carbocycles. The van der Waals surface area contributed by atoms with E-state index in [0.29, 0.717) is 29.0 Å². The van der Waals surface area contributed by atoms with Crippen LogP contribution in [0.15, 0.2) is 41.3 Å². The number of carbonyl (C=O) groups is 1. The molecule has 0 fully saturated rings. The average Bonchev–Trinajstić information content (AvgIpc) is 2.61. The predicted molar refractivity (Wildman–Crippen MR) is 107 cm³/mol. The zero-order valence-corrected chi connectivity index (χ0v) is 17.4. The second kappa shape index (κ2) is 8.93. The SMILES string of the molecule is CNS(=O)(=O)c1ccc(Cl)c(C(=O)Nc2ccc(OCC(C)C)c(Cl)c2)c1. The molecule has 0 spiro atoms. The Hall–Kier alpha value is -1.80. The van der Waals surface area contributed by atoms with Crippen LogP contribution in [0.5, 0.6) is 5.75 Å². The number of amides is 1. The fourth-order valence-corrected chi connectivity index (χ4v) is 3.31. The normalized spacial score (nSPS) is 11.5. The van der Waals surface area contributed by atoms with E-state index in [0.717, 1.165) is 0 Å². The monoisotopic (exact) mass is 430 g/mol. The van der Waals surface area contributed by atoms with Crippen LogP contribution in [-0.4, -0.2) is 28.0 Å². The van der Waals surface area contributed by atoms with Gasteiger partial charge < -0.3 is 10.1 Å². The number of carbonyl (C=O) groups excluding carboxylic acids is 1. The zero-order valence-electron chi connectivity index (χ0n) is 15.0. The van der Waals surface area contributed by atoms with Gasteiger partial charge in [-0.15, -0.1) is 0 Å². The maximum Gasteiger partial charge on any atom is 0.257 e. The van der Waals surface area contributed by atoms with Gasteiger partial charge in [-0.05, 0) is 49.4 Å². The van der Waals surface area contributed by atoms with Gasteiger partial charge in [-0.1, -0.05) is 37.0 Å². The van der Waals surface area contributed by atoms with Crippen LogP contribution in [0.4, 0.5) is 5.69 Å². The Bertz CT molecular complexity index is 946. The van der Waals surface area contributed by atoms with Gasteiger partial charge in [-0.25, -0.2) is 13.1 Å². The summed E-state index contributed by atoms with van der Waals surface area (Å²) < 4.78 is 31.6. The summed E-state index contributed by atoms with van der Waals surface area (Å²) in [7, 11) is -2.41. The van der Waals surface area contributed by atoms with E-state index >= 15 is 0 Å². The molecule has 0 heterocycles. The molecule has 0 aliphatic rings. The van der Waals surface area contributed by atoms with Gasteiger partial charge in [0.15, 0.2) is 0 Å². The molecule has 27 heavy (non-hydrogen) atoms. The van der Waals surface area contributed by atoms with Crippen LogP contribution in [0.2, 0.25) is 10.0 Å². The number of rotatable bonds is 7. The van der Waals surface area contributed by atoms with Crippen molar-refractivity contribution in [2.45, 2.75) is 18.7 Å². The number of halogens is 2. The van der Waals surface area contributed by atoms with Crippen molar-refractivity contribution in [1.29, 1.82) is 0 Å². The van der Waals surface area contributed by atoms with E-state index < -0.39 is 15.9 Å². The first kappa shape index (κ1) is 21.5. The van der Waals surface area contributed by atoms with Gasteiger partial charge in [-0.2, -0.15) is 0 Å². The summed E-state index contributed by atoms with van der Waals surface area (Å²) in [5, 5.41) is 3.13. The third-order valence-corrected chi connectivity index (χ3v) is 5.56. The topological polar surface area (TPSA) is 84.5 Å². The Kier molecular flexibility index (Phi) is 7.11. The summed E-state index contributed by atoms with van der Waals surface area (Å²) in [5.74, 6) is 0.312.